The number of carbonyl (C=O) groups excluding carboxylic acids is 1. The van der Waals surface area contributed by atoms with E-state index in [1.807, 2.05) is 31.2 Å². The maximum atomic E-state index is 11.8. The third-order valence-corrected chi connectivity index (χ3v) is 2.84. The van der Waals surface area contributed by atoms with Crippen LogP contribution >= 0.6 is 0 Å². The number of hydrogen-bond donors (Lipinski definition) is 1. The number of amides is 1. The number of benzene rings is 1. The fourth-order valence-corrected chi connectivity index (χ4v) is 1.66. The number of unbranched alkanes of at least 4 members (excludes halogenated alkanes) is 1. The minimum Gasteiger partial charge on any atom is -0.351 e. The van der Waals surface area contributed by atoms with Crippen molar-refractivity contribution in [2.75, 3.05) is 6.54 Å². The highest BCUT2D eigenvalue weighted by molar-refractivity contribution is 5.91. The zero-order valence-corrected chi connectivity index (χ0v) is 11.3. The number of aryl methyl sites for hydroxylation is 1. The molecular weight excluding hydrogens is 240 g/mol. The Bertz CT molecular complexity index is 545. The van der Waals surface area contributed by atoms with Crippen molar-refractivity contribution >= 4 is 5.91 Å². The van der Waals surface area contributed by atoms with Gasteiger partial charge in [0.2, 0.25) is 0 Å². The summed E-state index contributed by atoms with van der Waals surface area (Å²) in [4.78, 5) is 11.8. The summed E-state index contributed by atoms with van der Waals surface area (Å²) in [6.45, 7) is 4.78. The molecule has 0 aliphatic carbocycles. The Hall–Kier alpha value is -2.17. The van der Waals surface area contributed by atoms with Crippen LogP contribution in [0.2, 0.25) is 0 Å². The molecule has 2 rings (SSSR count). The molecule has 0 fully saturated rings. The quantitative estimate of drug-likeness (QED) is 0.835. The van der Waals surface area contributed by atoms with Crippen molar-refractivity contribution in [1.29, 1.82) is 0 Å². The zero-order chi connectivity index (χ0) is 13.7. The van der Waals surface area contributed by atoms with Crippen molar-refractivity contribution < 1.29 is 4.79 Å². The first-order valence-corrected chi connectivity index (χ1v) is 6.48. The fourth-order valence-electron chi connectivity index (χ4n) is 1.66. The number of nitrogens with zero attached hydrogens (tertiary/aromatic N) is 3. The first-order chi connectivity index (χ1) is 9.20. The van der Waals surface area contributed by atoms with Gasteiger partial charge in [-0.2, -0.15) is 0 Å². The van der Waals surface area contributed by atoms with Crippen molar-refractivity contribution in [3.63, 3.8) is 0 Å². The monoisotopic (exact) mass is 258 g/mol. The van der Waals surface area contributed by atoms with Crippen molar-refractivity contribution in [3.8, 4) is 5.69 Å². The molecule has 1 heterocycles. The van der Waals surface area contributed by atoms with Crippen LogP contribution in [0, 0.1) is 6.92 Å². The molecule has 0 saturated carbocycles. The van der Waals surface area contributed by atoms with Gasteiger partial charge >= 0.3 is 0 Å². The van der Waals surface area contributed by atoms with E-state index >= 15 is 0 Å². The standard InChI is InChI=1S/C14H18N4O/c1-3-4-9-15-14(19)13-10-18(17-16-13)12-7-5-11(2)6-8-12/h5-8,10H,3-4,9H2,1-2H3,(H,15,19). The molecular formula is C14H18N4O. The molecule has 1 N–H and O–H groups in total. The summed E-state index contributed by atoms with van der Waals surface area (Å²) in [6, 6.07) is 7.89. The largest absolute Gasteiger partial charge is 0.351 e. The Morgan fingerprint density at radius 1 is 1.32 bits per heavy atom. The average molecular weight is 258 g/mol. The molecule has 0 spiro atoms. The van der Waals surface area contributed by atoms with Gasteiger partial charge in [0.1, 0.15) is 0 Å². The van der Waals surface area contributed by atoms with Crippen LogP contribution < -0.4 is 5.32 Å². The molecule has 0 bridgehead atoms. The Kier molecular flexibility index (Phi) is 4.28. The second-order valence-electron chi connectivity index (χ2n) is 4.49. The van der Waals surface area contributed by atoms with Crippen molar-refractivity contribution in [3.05, 3.63) is 41.7 Å². The molecule has 1 aromatic carbocycles. The molecule has 0 atom stereocenters. The molecule has 19 heavy (non-hydrogen) atoms. The lowest BCUT2D eigenvalue weighted by atomic mass is 10.2. The minimum absolute atomic E-state index is 0.174. The van der Waals surface area contributed by atoms with Crippen LogP contribution in [0.25, 0.3) is 5.69 Å². The highest BCUT2D eigenvalue weighted by Crippen LogP contribution is 2.08. The molecule has 0 aliphatic heterocycles. The van der Waals surface area contributed by atoms with Gasteiger partial charge in [-0.25, -0.2) is 4.68 Å². The first-order valence-electron chi connectivity index (χ1n) is 6.48. The Morgan fingerprint density at radius 2 is 2.05 bits per heavy atom. The smallest absolute Gasteiger partial charge is 0.273 e. The van der Waals surface area contributed by atoms with Gasteiger partial charge in [0.25, 0.3) is 5.91 Å². The van der Waals surface area contributed by atoms with Crippen LogP contribution in [-0.4, -0.2) is 27.4 Å². The summed E-state index contributed by atoms with van der Waals surface area (Å²) in [6.07, 6.45) is 3.67. The zero-order valence-electron chi connectivity index (χ0n) is 11.3. The third kappa shape index (κ3) is 3.40. The Balaban J connectivity index is 2.06. The third-order valence-electron chi connectivity index (χ3n) is 2.84. The van der Waals surface area contributed by atoms with Gasteiger partial charge in [0.05, 0.1) is 11.9 Å². The van der Waals surface area contributed by atoms with Crippen LogP contribution in [0.4, 0.5) is 0 Å². The summed E-state index contributed by atoms with van der Waals surface area (Å²) in [5, 5.41) is 10.7. The van der Waals surface area contributed by atoms with Crippen molar-refractivity contribution in [2.24, 2.45) is 0 Å². The molecule has 1 amide bonds. The minimum atomic E-state index is -0.174. The Labute approximate surface area is 112 Å². The van der Waals surface area contributed by atoms with E-state index < -0.39 is 0 Å². The van der Waals surface area contributed by atoms with Crippen LogP contribution in [0.1, 0.15) is 35.8 Å². The van der Waals surface area contributed by atoms with E-state index in [1.54, 1.807) is 10.9 Å². The highest BCUT2D eigenvalue weighted by Gasteiger charge is 2.10. The van der Waals surface area contributed by atoms with E-state index in [9.17, 15) is 4.79 Å². The lowest BCUT2D eigenvalue weighted by Gasteiger charge is -2.00. The van der Waals surface area contributed by atoms with Crippen LogP contribution in [0.5, 0.6) is 0 Å². The summed E-state index contributed by atoms with van der Waals surface area (Å²) < 4.78 is 1.61. The molecule has 2 aromatic rings. The van der Waals surface area contributed by atoms with E-state index in [0.29, 0.717) is 12.2 Å². The molecule has 0 saturated heterocycles. The summed E-state index contributed by atoms with van der Waals surface area (Å²) in [5.41, 5.74) is 2.42. The van der Waals surface area contributed by atoms with E-state index in [0.717, 1.165) is 18.5 Å². The predicted octanol–water partition coefficient (Wildman–Crippen LogP) is 2.11. The van der Waals surface area contributed by atoms with Gasteiger partial charge in [-0.3, -0.25) is 4.79 Å². The fraction of sp³-hybridized carbons (Fsp3) is 0.357. The lowest BCUT2D eigenvalue weighted by molar-refractivity contribution is 0.0948. The van der Waals surface area contributed by atoms with Gasteiger partial charge < -0.3 is 5.32 Å². The topological polar surface area (TPSA) is 59.8 Å². The molecule has 0 unspecified atom stereocenters. The lowest BCUT2D eigenvalue weighted by Crippen LogP contribution is -2.24. The summed E-state index contributed by atoms with van der Waals surface area (Å²) in [5.74, 6) is -0.174. The number of hydrogen-bond acceptors (Lipinski definition) is 3. The van der Waals surface area contributed by atoms with E-state index in [1.165, 1.54) is 5.56 Å². The van der Waals surface area contributed by atoms with E-state index in [-0.39, 0.29) is 5.91 Å². The van der Waals surface area contributed by atoms with Crippen molar-refractivity contribution in [2.45, 2.75) is 26.7 Å². The number of nitrogens with one attached hydrogen (secondary N) is 1. The summed E-state index contributed by atoms with van der Waals surface area (Å²) >= 11 is 0. The van der Waals surface area contributed by atoms with Crippen LogP contribution in [0.15, 0.2) is 30.5 Å². The van der Waals surface area contributed by atoms with Gasteiger partial charge in [-0.05, 0) is 25.5 Å². The summed E-state index contributed by atoms with van der Waals surface area (Å²) in [7, 11) is 0. The second kappa shape index (κ2) is 6.13. The van der Waals surface area contributed by atoms with E-state index in [2.05, 4.69) is 22.6 Å². The maximum absolute atomic E-state index is 11.8. The molecule has 5 nitrogen and oxygen atoms in total. The SMILES string of the molecule is CCCCNC(=O)c1cn(-c2ccc(C)cc2)nn1. The molecule has 5 heteroatoms. The van der Waals surface area contributed by atoms with Gasteiger partial charge in [-0.15, -0.1) is 5.10 Å². The van der Waals surface area contributed by atoms with Crippen LogP contribution in [-0.2, 0) is 0 Å². The van der Waals surface area contributed by atoms with Crippen molar-refractivity contribution in [1.82, 2.24) is 20.3 Å². The number of carbonyl (C=O) groups is 1. The second-order valence-corrected chi connectivity index (χ2v) is 4.49. The average Bonchev–Trinajstić information content (AvgIpc) is 2.89. The molecule has 100 valence electrons. The number of rotatable bonds is 5. The first kappa shape index (κ1) is 13.3. The van der Waals surface area contributed by atoms with Gasteiger partial charge in [0, 0.05) is 6.54 Å². The van der Waals surface area contributed by atoms with Crippen LogP contribution in [0.3, 0.4) is 0 Å². The normalized spacial score (nSPS) is 10.4. The van der Waals surface area contributed by atoms with Gasteiger partial charge in [0.15, 0.2) is 5.69 Å². The number of aromatic nitrogens is 3. The maximum Gasteiger partial charge on any atom is 0.273 e. The molecule has 1 aromatic heterocycles. The van der Waals surface area contributed by atoms with Gasteiger partial charge in [-0.1, -0.05) is 36.3 Å². The molecule has 0 aliphatic rings. The predicted molar refractivity (Wildman–Crippen MR) is 73.3 cm³/mol. The molecule has 0 radical (unpaired) electrons. The highest BCUT2D eigenvalue weighted by atomic mass is 16.2. The van der Waals surface area contributed by atoms with E-state index in [4.69, 9.17) is 0 Å². The Morgan fingerprint density at radius 3 is 2.74 bits per heavy atom.